The van der Waals surface area contributed by atoms with Gasteiger partial charge in [0.05, 0.1) is 5.69 Å². The molecular formula is C17H22ClN5S. The van der Waals surface area contributed by atoms with Gasteiger partial charge in [-0.05, 0) is 37.3 Å². The van der Waals surface area contributed by atoms with Gasteiger partial charge in [0.15, 0.2) is 5.11 Å². The molecule has 7 heteroatoms. The minimum absolute atomic E-state index is 0.708. The maximum atomic E-state index is 6.01. The van der Waals surface area contributed by atoms with E-state index in [4.69, 9.17) is 23.8 Å². The van der Waals surface area contributed by atoms with E-state index >= 15 is 0 Å². The monoisotopic (exact) mass is 363 g/mol. The van der Waals surface area contributed by atoms with Crippen LogP contribution in [0.4, 0.5) is 5.69 Å². The molecule has 0 aliphatic carbocycles. The van der Waals surface area contributed by atoms with E-state index < -0.39 is 0 Å². The van der Waals surface area contributed by atoms with E-state index in [-0.39, 0.29) is 0 Å². The van der Waals surface area contributed by atoms with Gasteiger partial charge in [0.1, 0.15) is 0 Å². The van der Waals surface area contributed by atoms with E-state index in [0.717, 1.165) is 49.2 Å². The largest absolute Gasteiger partial charge is 0.346 e. The van der Waals surface area contributed by atoms with Crippen molar-refractivity contribution in [1.29, 1.82) is 0 Å². The lowest BCUT2D eigenvalue weighted by Crippen LogP contribution is -2.49. The lowest BCUT2D eigenvalue weighted by Gasteiger charge is -2.36. The summed E-state index contributed by atoms with van der Waals surface area (Å²) in [5.74, 6) is 0. The second-order valence-corrected chi connectivity index (χ2v) is 6.94. The molecule has 0 spiro atoms. The molecule has 0 bridgehead atoms. The Balaban J connectivity index is 1.51. The highest BCUT2D eigenvalue weighted by atomic mass is 35.5. The van der Waals surface area contributed by atoms with E-state index in [0.29, 0.717) is 5.02 Å². The first kappa shape index (κ1) is 17.2. The molecule has 0 amide bonds. The molecule has 5 nitrogen and oxygen atoms in total. The minimum atomic E-state index is 0.708. The highest BCUT2D eigenvalue weighted by Gasteiger charge is 2.20. The van der Waals surface area contributed by atoms with Gasteiger partial charge in [-0.25, -0.2) is 0 Å². The fourth-order valence-electron chi connectivity index (χ4n) is 2.92. The van der Waals surface area contributed by atoms with Gasteiger partial charge in [0.25, 0.3) is 0 Å². The van der Waals surface area contributed by atoms with Crippen LogP contribution in [0.3, 0.4) is 0 Å². The summed E-state index contributed by atoms with van der Waals surface area (Å²) < 4.78 is 1.88. The quantitative estimate of drug-likeness (QED) is 0.848. The molecular weight excluding hydrogens is 342 g/mol. The summed E-state index contributed by atoms with van der Waals surface area (Å²) >= 11 is 11.5. The van der Waals surface area contributed by atoms with Gasteiger partial charge in [0, 0.05) is 62.2 Å². The molecule has 1 aromatic heterocycles. The van der Waals surface area contributed by atoms with Crippen LogP contribution < -0.4 is 5.32 Å². The molecule has 0 saturated carbocycles. The smallest absolute Gasteiger partial charge is 0.173 e. The summed E-state index contributed by atoms with van der Waals surface area (Å²) in [5, 5.41) is 9.15. The third kappa shape index (κ3) is 4.26. The highest BCUT2D eigenvalue weighted by Crippen LogP contribution is 2.16. The van der Waals surface area contributed by atoms with Crippen molar-refractivity contribution in [3.8, 4) is 0 Å². The van der Waals surface area contributed by atoms with E-state index in [2.05, 4.69) is 33.3 Å². The Morgan fingerprint density at radius 2 is 2.04 bits per heavy atom. The Labute approximate surface area is 153 Å². The van der Waals surface area contributed by atoms with Crippen molar-refractivity contribution in [2.45, 2.75) is 13.5 Å². The third-order valence-corrected chi connectivity index (χ3v) is 4.84. The summed E-state index contributed by atoms with van der Waals surface area (Å²) in [4.78, 5) is 4.66. The van der Waals surface area contributed by atoms with Crippen molar-refractivity contribution < 1.29 is 0 Å². The van der Waals surface area contributed by atoms with Crippen molar-refractivity contribution in [2.75, 3.05) is 31.5 Å². The Kier molecular flexibility index (Phi) is 5.38. The van der Waals surface area contributed by atoms with E-state index in [9.17, 15) is 0 Å². The van der Waals surface area contributed by atoms with Crippen LogP contribution in [-0.2, 0) is 13.6 Å². The van der Waals surface area contributed by atoms with Crippen LogP contribution in [0.2, 0.25) is 5.02 Å². The highest BCUT2D eigenvalue weighted by molar-refractivity contribution is 7.80. The molecule has 1 aliphatic heterocycles. The summed E-state index contributed by atoms with van der Waals surface area (Å²) in [7, 11) is 1.97. The summed E-state index contributed by atoms with van der Waals surface area (Å²) in [6, 6.07) is 7.63. The lowest BCUT2D eigenvalue weighted by molar-refractivity contribution is 0.176. The van der Waals surface area contributed by atoms with Crippen LogP contribution in [0.1, 0.15) is 11.3 Å². The molecule has 1 N–H and O–H groups in total. The van der Waals surface area contributed by atoms with Crippen molar-refractivity contribution in [3.63, 3.8) is 0 Å². The molecule has 3 rings (SSSR count). The average molecular weight is 364 g/mol. The van der Waals surface area contributed by atoms with Crippen LogP contribution in [0.5, 0.6) is 0 Å². The van der Waals surface area contributed by atoms with Gasteiger partial charge in [0.2, 0.25) is 0 Å². The van der Waals surface area contributed by atoms with Gasteiger partial charge in [-0.3, -0.25) is 9.58 Å². The number of halogens is 1. The lowest BCUT2D eigenvalue weighted by atomic mass is 10.2. The molecule has 1 aromatic carbocycles. The Bertz CT molecular complexity index is 722. The maximum absolute atomic E-state index is 6.01. The molecule has 128 valence electrons. The molecule has 24 heavy (non-hydrogen) atoms. The first-order chi connectivity index (χ1) is 11.5. The summed E-state index contributed by atoms with van der Waals surface area (Å²) in [6.45, 7) is 6.84. The van der Waals surface area contributed by atoms with E-state index in [1.807, 2.05) is 36.0 Å². The fraction of sp³-hybridized carbons (Fsp3) is 0.412. The first-order valence-corrected chi connectivity index (χ1v) is 8.83. The Morgan fingerprint density at radius 3 is 2.67 bits per heavy atom. The van der Waals surface area contributed by atoms with Crippen LogP contribution in [-0.4, -0.2) is 50.9 Å². The minimum Gasteiger partial charge on any atom is -0.346 e. The zero-order chi connectivity index (χ0) is 17.1. The van der Waals surface area contributed by atoms with E-state index in [1.165, 1.54) is 5.56 Å². The van der Waals surface area contributed by atoms with Gasteiger partial charge >= 0.3 is 0 Å². The molecule has 1 fully saturated rings. The van der Waals surface area contributed by atoms with Crippen molar-refractivity contribution in [2.24, 2.45) is 7.05 Å². The van der Waals surface area contributed by atoms with Crippen molar-refractivity contribution >= 4 is 34.6 Å². The SMILES string of the molecule is Cc1nn(C)cc1CN1CCN(C(=S)Nc2cccc(Cl)c2)CC1. The van der Waals surface area contributed by atoms with Gasteiger partial charge in [-0.1, -0.05) is 17.7 Å². The topological polar surface area (TPSA) is 36.3 Å². The number of nitrogens with zero attached hydrogens (tertiary/aromatic N) is 4. The Hall–Kier alpha value is -1.63. The zero-order valence-electron chi connectivity index (χ0n) is 14.0. The predicted octanol–water partition coefficient (Wildman–Crippen LogP) is 2.90. The van der Waals surface area contributed by atoms with Crippen LogP contribution >= 0.6 is 23.8 Å². The van der Waals surface area contributed by atoms with Crippen LogP contribution in [0.25, 0.3) is 0 Å². The predicted molar refractivity (Wildman–Crippen MR) is 102 cm³/mol. The second-order valence-electron chi connectivity index (χ2n) is 6.12. The number of hydrogen-bond acceptors (Lipinski definition) is 3. The molecule has 0 unspecified atom stereocenters. The molecule has 2 heterocycles. The Morgan fingerprint density at radius 1 is 1.29 bits per heavy atom. The number of thiocarbonyl (C=S) groups is 1. The van der Waals surface area contributed by atoms with E-state index in [1.54, 1.807) is 0 Å². The maximum Gasteiger partial charge on any atom is 0.173 e. The summed E-state index contributed by atoms with van der Waals surface area (Å²) in [5.41, 5.74) is 3.34. The number of anilines is 1. The molecule has 1 aliphatic rings. The zero-order valence-corrected chi connectivity index (χ0v) is 15.6. The van der Waals surface area contributed by atoms with Gasteiger partial charge < -0.3 is 10.2 Å². The van der Waals surface area contributed by atoms with Crippen molar-refractivity contribution in [1.82, 2.24) is 19.6 Å². The number of benzene rings is 1. The second kappa shape index (κ2) is 7.51. The molecule has 2 aromatic rings. The standard InChI is InChI=1S/C17H22ClN5S/c1-13-14(11-21(2)20-13)12-22-6-8-23(9-7-22)17(24)19-16-5-3-4-15(18)10-16/h3-5,10-11H,6-9,12H2,1-2H3,(H,19,24). The number of piperazine rings is 1. The van der Waals surface area contributed by atoms with Gasteiger partial charge in [-0.2, -0.15) is 5.10 Å². The molecule has 1 saturated heterocycles. The van der Waals surface area contributed by atoms with Crippen LogP contribution in [0, 0.1) is 6.92 Å². The summed E-state index contributed by atoms with van der Waals surface area (Å²) in [6.07, 6.45) is 2.10. The molecule has 0 atom stereocenters. The third-order valence-electron chi connectivity index (χ3n) is 4.24. The number of rotatable bonds is 3. The number of aryl methyl sites for hydroxylation is 2. The average Bonchev–Trinajstić information content (AvgIpc) is 2.85. The van der Waals surface area contributed by atoms with Crippen molar-refractivity contribution in [3.05, 3.63) is 46.7 Å². The number of hydrogen-bond donors (Lipinski definition) is 1. The first-order valence-electron chi connectivity index (χ1n) is 8.04. The van der Waals surface area contributed by atoms with Gasteiger partial charge in [-0.15, -0.1) is 0 Å². The molecule has 0 radical (unpaired) electrons. The normalized spacial score (nSPS) is 15.5. The number of aromatic nitrogens is 2. The number of nitrogens with one attached hydrogen (secondary N) is 1. The fourth-order valence-corrected chi connectivity index (χ4v) is 3.41. The van der Waals surface area contributed by atoms with Crippen LogP contribution in [0.15, 0.2) is 30.5 Å².